The van der Waals surface area contributed by atoms with Crippen LogP contribution >= 0.6 is 0 Å². The van der Waals surface area contributed by atoms with Gasteiger partial charge in [0.15, 0.2) is 0 Å². The number of carbonyl (C=O) groups excluding carboxylic acids is 2. The van der Waals surface area contributed by atoms with E-state index in [0.29, 0.717) is 18.8 Å². The van der Waals surface area contributed by atoms with E-state index in [1.165, 1.54) is 0 Å². The van der Waals surface area contributed by atoms with Crippen LogP contribution in [0.5, 0.6) is 0 Å². The summed E-state index contributed by atoms with van der Waals surface area (Å²) in [5, 5.41) is 8.39. The summed E-state index contributed by atoms with van der Waals surface area (Å²) in [5.74, 6) is 0. The lowest BCUT2D eigenvalue weighted by Crippen LogP contribution is -2.33. The van der Waals surface area contributed by atoms with Gasteiger partial charge in [0.1, 0.15) is 5.60 Å². The zero-order valence-electron chi connectivity index (χ0n) is 13.2. The fourth-order valence-corrected chi connectivity index (χ4v) is 1.64. The molecular weight excluding hydrogens is 284 g/mol. The van der Waals surface area contributed by atoms with E-state index >= 15 is 0 Å². The van der Waals surface area contributed by atoms with Crippen LogP contribution in [-0.2, 0) is 4.74 Å². The number of alkyl carbamates (subject to hydrolysis) is 1. The lowest BCUT2D eigenvalue weighted by Gasteiger charge is -2.19. The van der Waals surface area contributed by atoms with Crippen molar-refractivity contribution in [2.75, 3.05) is 23.7 Å². The van der Waals surface area contributed by atoms with Crippen molar-refractivity contribution < 1.29 is 14.3 Å². The minimum atomic E-state index is -0.589. The molecule has 0 heterocycles. The maximum absolute atomic E-state index is 11.4. The number of ether oxygens (including phenoxy) is 1. The molecule has 0 radical (unpaired) electrons. The van der Waals surface area contributed by atoms with E-state index in [0.717, 1.165) is 12.1 Å². The standard InChI is InChI=1S/C15H24N4O3/c1-15(2,3)22-14(21)18-10-4-9-17-11-5-7-12(8-6-11)19-13(16)20/h5-8,17H,4,9-10H2,1-3H3,(H,18,21)(H3,16,19,20). The summed E-state index contributed by atoms with van der Waals surface area (Å²) < 4.78 is 5.13. The molecule has 22 heavy (non-hydrogen) atoms. The molecule has 0 aliphatic heterocycles. The number of hydrogen-bond acceptors (Lipinski definition) is 4. The Morgan fingerprint density at radius 2 is 1.68 bits per heavy atom. The zero-order chi connectivity index (χ0) is 16.6. The Labute approximate surface area is 130 Å². The highest BCUT2D eigenvalue weighted by atomic mass is 16.6. The fourth-order valence-electron chi connectivity index (χ4n) is 1.64. The van der Waals surface area contributed by atoms with E-state index in [4.69, 9.17) is 10.5 Å². The molecule has 0 saturated heterocycles. The van der Waals surface area contributed by atoms with E-state index in [1.807, 2.05) is 32.9 Å². The number of urea groups is 1. The number of primary amides is 1. The van der Waals surface area contributed by atoms with Crippen molar-refractivity contribution in [1.29, 1.82) is 0 Å². The number of anilines is 2. The number of nitrogens with two attached hydrogens (primary N) is 1. The van der Waals surface area contributed by atoms with Crippen LogP contribution in [0.3, 0.4) is 0 Å². The number of carbonyl (C=O) groups is 2. The first-order valence-corrected chi connectivity index (χ1v) is 7.13. The Morgan fingerprint density at radius 1 is 1.09 bits per heavy atom. The molecule has 3 amide bonds. The van der Waals surface area contributed by atoms with Gasteiger partial charge >= 0.3 is 12.1 Å². The number of rotatable bonds is 6. The SMILES string of the molecule is CC(C)(C)OC(=O)NCCCNc1ccc(NC(N)=O)cc1. The second kappa shape index (κ2) is 8.11. The summed E-state index contributed by atoms with van der Waals surface area (Å²) in [5.41, 5.74) is 6.11. The number of benzene rings is 1. The van der Waals surface area contributed by atoms with Gasteiger partial charge in [0, 0.05) is 24.5 Å². The zero-order valence-corrected chi connectivity index (χ0v) is 13.2. The quantitative estimate of drug-likeness (QED) is 0.606. The van der Waals surface area contributed by atoms with Gasteiger partial charge in [-0.2, -0.15) is 0 Å². The van der Waals surface area contributed by atoms with Gasteiger partial charge in [0.2, 0.25) is 0 Å². The van der Waals surface area contributed by atoms with Crippen LogP contribution in [-0.4, -0.2) is 30.8 Å². The molecule has 5 N–H and O–H groups in total. The van der Waals surface area contributed by atoms with Crippen LogP contribution in [0.25, 0.3) is 0 Å². The third-order valence-corrected chi connectivity index (χ3v) is 2.50. The van der Waals surface area contributed by atoms with Crippen LogP contribution < -0.4 is 21.7 Å². The molecule has 1 aromatic rings. The molecule has 0 unspecified atom stereocenters. The van der Waals surface area contributed by atoms with Crippen molar-refractivity contribution in [3.05, 3.63) is 24.3 Å². The second-order valence-electron chi connectivity index (χ2n) is 5.78. The number of nitrogens with one attached hydrogen (secondary N) is 3. The molecule has 0 fully saturated rings. The van der Waals surface area contributed by atoms with Gasteiger partial charge in [-0.1, -0.05) is 0 Å². The van der Waals surface area contributed by atoms with Crippen LogP contribution in [0.15, 0.2) is 24.3 Å². The highest BCUT2D eigenvalue weighted by Gasteiger charge is 2.15. The molecule has 7 nitrogen and oxygen atoms in total. The van der Waals surface area contributed by atoms with Gasteiger partial charge in [0.05, 0.1) is 0 Å². The summed E-state index contributed by atoms with van der Waals surface area (Å²) in [4.78, 5) is 22.1. The van der Waals surface area contributed by atoms with Crippen LogP contribution in [0, 0.1) is 0 Å². The van der Waals surface area contributed by atoms with Gasteiger partial charge in [0.25, 0.3) is 0 Å². The third kappa shape index (κ3) is 7.98. The molecule has 0 bridgehead atoms. The van der Waals surface area contributed by atoms with E-state index in [-0.39, 0.29) is 0 Å². The van der Waals surface area contributed by atoms with Gasteiger partial charge in [-0.15, -0.1) is 0 Å². The number of hydrogen-bond donors (Lipinski definition) is 4. The first-order chi connectivity index (χ1) is 10.3. The minimum absolute atomic E-state index is 0.408. The molecule has 7 heteroatoms. The summed E-state index contributed by atoms with van der Waals surface area (Å²) in [6.45, 7) is 6.71. The van der Waals surface area contributed by atoms with Crippen molar-refractivity contribution in [2.24, 2.45) is 5.73 Å². The molecule has 0 saturated carbocycles. The topological polar surface area (TPSA) is 105 Å². The molecule has 1 aromatic carbocycles. The van der Waals surface area contributed by atoms with E-state index in [1.54, 1.807) is 12.1 Å². The molecule has 122 valence electrons. The van der Waals surface area contributed by atoms with Gasteiger partial charge in [-0.3, -0.25) is 0 Å². The maximum Gasteiger partial charge on any atom is 0.407 e. The van der Waals surface area contributed by atoms with E-state index in [9.17, 15) is 9.59 Å². The lowest BCUT2D eigenvalue weighted by atomic mass is 10.2. The van der Waals surface area contributed by atoms with Crippen molar-refractivity contribution in [1.82, 2.24) is 5.32 Å². The van der Waals surface area contributed by atoms with Crippen LogP contribution in [0.2, 0.25) is 0 Å². The highest BCUT2D eigenvalue weighted by molar-refractivity contribution is 5.87. The Hall–Kier alpha value is -2.44. The minimum Gasteiger partial charge on any atom is -0.444 e. The normalized spacial score (nSPS) is 10.7. The van der Waals surface area contributed by atoms with Gasteiger partial charge < -0.3 is 26.4 Å². The average molecular weight is 308 g/mol. The molecule has 0 atom stereocenters. The van der Waals surface area contributed by atoms with Gasteiger partial charge in [-0.05, 0) is 51.5 Å². The molecular formula is C15H24N4O3. The molecule has 1 rings (SSSR count). The van der Waals surface area contributed by atoms with Crippen molar-refractivity contribution in [3.8, 4) is 0 Å². The van der Waals surface area contributed by atoms with E-state index < -0.39 is 17.7 Å². The van der Waals surface area contributed by atoms with Crippen LogP contribution in [0.4, 0.5) is 21.0 Å². The fraction of sp³-hybridized carbons (Fsp3) is 0.467. The molecule has 0 aliphatic carbocycles. The summed E-state index contributed by atoms with van der Waals surface area (Å²) in [6.07, 6.45) is 0.356. The van der Waals surface area contributed by atoms with E-state index in [2.05, 4.69) is 16.0 Å². The first kappa shape index (κ1) is 17.6. The summed E-state index contributed by atoms with van der Waals surface area (Å²) >= 11 is 0. The largest absolute Gasteiger partial charge is 0.444 e. The average Bonchev–Trinajstić information content (AvgIpc) is 2.37. The maximum atomic E-state index is 11.4. The highest BCUT2D eigenvalue weighted by Crippen LogP contribution is 2.13. The summed E-state index contributed by atoms with van der Waals surface area (Å²) in [6, 6.07) is 6.60. The predicted molar refractivity (Wildman–Crippen MR) is 87.0 cm³/mol. The third-order valence-electron chi connectivity index (χ3n) is 2.50. The summed E-state index contributed by atoms with van der Waals surface area (Å²) in [7, 11) is 0. The van der Waals surface area contributed by atoms with Crippen molar-refractivity contribution >= 4 is 23.5 Å². The Morgan fingerprint density at radius 3 is 2.23 bits per heavy atom. The van der Waals surface area contributed by atoms with Crippen molar-refractivity contribution in [2.45, 2.75) is 32.8 Å². The Bertz CT molecular complexity index is 495. The molecule has 0 spiro atoms. The molecule has 0 aromatic heterocycles. The Balaban J connectivity index is 2.19. The molecule has 0 aliphatic rings. The lowest BCUT2D eigenvalue weighted by molar-refractivity contribution is 0.0527. The predicted octanol–water partition coefficient (Wildman–Crippen LogP) is 2.50. The monoisotopic (exact) mass is 308 g/mol. The van der Waals surface area contributed by atoms with Crippen molar-refractivity contribution in [3.63, 3.8) is 0 Å². The Kier molecular flexibility index (Phi) is 6.49. The smallest absolute Gasteiger partial charge is 0.407 e. The van der Waals surface area contributed by atoms with Gasteiger partial charge in [-0.25, -0.2) is 9.59 Å². The first-order valence-electron chi connectivity index (χ1n) is 7.13. The number of amides is 3. The second-order valence-corrected chi connectivity index (χ2v) is 5.78. The van der Waals surface area contributed by atoms with Crippen LogP contribution in [0.1, 0.15) is 27.2 Å².